The Balaban J connectivity index is 1.52. The molecule has 6 nitrogen and oxygen atoms in total. The molecule has 2 aliphatic heterocycles. The lowest BCUT2D eigenvalue weighted by molar-refractivity contribution is -0.202. The highest BCUT2D eigenvalue weighted by atomic mass is 16.8. The number of benzene rings is 1. The molecule has 0 bridgehead atoms. The van der Waals surface area contributed by atoms with Crippen LogP contribution >= 0.6 is 0 Å². The summed E-state index contributed by atoms with van der Waals surface area (Å²) in [5.41, 5.74) is 4.31. The van der Waals surface area contributed by atoms with Crippen molar-refractivity contribution in [2.75, 3.05) is 19.7 Å². The van der Waals surface area contributed by atoms with Gasteiger partial charge in [0, 0.05) is 31.7 Å². The molecule has 0 saturated carbocycles. The normalized spacial score (nSPS) is 24.0. The van der Waals surface area contributed by atoms with Gasteiger partial charge < -0.3 is 9.64 Å². The number of nitrogens with zero attached hydrogens (tertiary/aromatic N) is 1. The smallest absolute Gasteiger partial charge is 0.253 e. The number of hydroxylamine groups is 1. The van der Waals surface area contributed by atoms with Crippen LogP contribution in [0.25, 0.3) is 0 Å². The molecule has 3 rings (SSSR count). The van der Waals surface area contributed by atoms with Gasteiger partial charge in [-0.1, -0.05) is 17.7 Å². The van der Waals surface area contributed by atoms with E-state index in [0.29, 0.717) is 25.3 Å². The van der Waals surface area contributed by atoms with E-state index >= 15 is 0 Å². The number of amides is 2. The number of hydrogen-bond donors (Lipinski definition) is 1. The molecule has 25 heavy (non-hydrogen) atoms. The number of aryl methyl sites for hydroxylation is 1. The Morgan fingerprint density at radius 3 is 2.68 bits per heavy atom. The SMILES string of the molecule is Cc1ccc(C(=O)N2CCC[C@H](C(=O)NO[C@@H]3CCCCO3)C2)cc1. The van der Waals surface area contributed by atoms with E-state index in [1.54, 1.807) is 4.90 Å². The highest BCUT2D eigenvalue weighted by molar-refractivity contribution is 5.94. The van der Waals surface area contributed by atoms with Crippen LogP contribution in [0.1, 0.15) is 48.0 Å². The van der Waals surface area contributed by atoms with Crippen LogP contribution in [-0.2, 0) is 14.4 Å². The first-order valence-corrected chi connectivity index (χ1v) is 9.06. The number of likely N-dealkylation sites (tertiary alicyclic amines) is 1. The van der Waals surface area contributed by atoms with Crippen molar-refractivity contribution in [2.24, 2.45) is 5.92 Å². The van der Waals surface area contributed by atoms with Crippen LogP contribution in [0, 0.1) is 12.8 Å². The minimum Gasteiger partial charge on any atom is -0.350 e. The van der Waals surface area contributed by atoms with Gasteiger partial charge in [0.15, 0.2) is 6.29 Å². The minimum atomic E-state index is -0.355. The number of carbonyl (C=O) groups excluding carboxylic acids is 2. The van der Waals surface area contributed by atoms with Crippen molar-refractivity contribution in [1.82, 2.24) is 10.4 Å². The molecule has 2 amide bonds. The Labute approximate surface area is 148 Å². The molecule has 0 spiro atoms. The molecule has 2 aliphatic rings. The van der Waals surface area contributed by atoms with Crippen molar-refractivity contribution in [3.63, 3.8) is 0 Å². The highest BCUT2D eigenvalue weighted by Gasteiger charge is 2.29. The van der Waals surface area contributed by atoms with Gasteiger partial charge in [-0.2, -0.15) is 0 Å². The molecule has 0 unspecified atom stereocenters. The van der Waals surface area contributed by atoms with Gasteiger partial charge in [-0.3, -0.25) is 9.59 Å². The maximum absolute atomic E-state index is 12.6. The topological polar surface area (TPSA) is 67.9 Å². The van der Waals surface area contributed by atoms with Gasteiger partial charge >= 0.3 is 0 Å². The number of hydrogen-bond acceptors (Lipinski definition) is 4. The molecular weight excluding hydrogens is 320 g/mol. The number of carbonyl (C=O) groups is 2. The molecule has 6 heteroatoms. The van der Waals surface area contributed by atoms with Crippen molar-refractivity contribution in [2.45, 2.75) is 45.3 Å². The van der Waals surface area contributed by atoms with Crippen LogP contribution < -0.4 is 5.48 Å². The first kappa shape index (κ1) is 17.9. The molecule has 136 valence electrons. The van der Waals surface area contributed by atoms with Crippen LogP contribution in [0.2, 0.25) is 0 Å². The predicted molar refractivity (Wildman–Crippen MR) is 92.6 cm³/mol. The van der Waals surface area contributed by atoms with Crippen molar-refractivity contribution in [1.29, 1.82) is 0 Å². The molecule has 2 atom stereocenters. The van der Waals surface area contributed by atoms with E-state index < -0.39 is 0 Å². The summed E-state index contributed by atoms with van der Waals surface area (Å²) >= 11 is 0. The maximum atomic E-state index is 12.6. The predicted octanol–water partition coefficient (Wildman–Crippen LogP) is 2.42. The summed E-state index contributed by atoms with van der Waals surface area (Å²) in [6.07, 6.45) is 4.10. The zero-order valence-corrected chi connectivity index (χ0v) is 14.7. The molecule has 2 saturated heterocycles. The van der Waals surface area contributed by atoms with Crippen molar-refractivity contribution in [3.05, 3.63) is 35.4 Å². The summed E-state index contributed by atoms with van der Waals surface area (Å²) in [5, 5.41) is 0. The summed E-state index contributed by atoms with van der Waals surface area (Å²) in [5.74, 6) is -0.434. The number of rotatable bonds is 4. The molecule has 0 aromatic heterocycles. The third kappa shape index (κ3) is 4.80. The fourth-order valence-electron chi connectivity index (χ4n) is 3.27. The van der Waals surface area contributed by atoms with Gasteiger partial charge in [-0.25, -0.2) is 10.3 Å². The fraction of sp³-hybridized carbons (Fsp3) is 0.579. The Morgan fingerprint density at radius 1 is 1.16 bits per heavy atom. The van der Waals surface area contributed by atoms with E-state index in [2.05, 4.69) is 5.48 Å². The third-order valence-electron chi connectivity index (χ3n) is 4.81. The van der Waals surface area contributed by atoms with E-state index in [0.717, 1.165) is 37.7 Å². The molecule has 2 fully saturated rings. The first-order valence-electron chi connectivity index (χ1n) is 9.06. The summed E-state index contributed by atoms with van der Waals surface area (Å²) in [7, 11) is 0. The Hall–Kier alpha value is -1.92. The average molecular weight is 346 g/mol. The highest BCUT2D eigenvalue weighted by Crippen LogP contribution is 2.20. The second-order valence-corrected chi connectivity index (χ2v) is 6.84. The van der Waals surface area contributed by atoms with Gasteiger partial charge in [0.25, 0.3) is 5.91 Å². The number of ether oxygens (including phenoxy) is 1. The van der Waals surface area contributed by atoms with Crippen molar-refractivity contribution >= 4 is 11.8 Å². The van der Waals surface area contributed by atoms with Crippen LogP contribution in [0.5, 0.6) is 0 Å². The lowest BCUT2D eigenvalue weighted by atomic mass is 9.96. The second kappa shape index (κ2) is 8.45. The van der Waals surface area contributed by atoms with E-state index in [4.69, 9.17) is 9.57 Å². The van der Waals surface area contributed by atoms with Crippen molar-refractivity contribution in [3.8, 4) is 0 Å². The minimum absolute atomic E-state index is 0.0194. The van der Waals surface area contributed by atoms with Gasteiger partial charge in [0.1, 0.15) is 0 Å². The molecule has 0 radical (unpaired) electrons. The largest absolute Gasteiger partial charge is 0.350 e. The van der Waals surface area contributed by atoms with E-state index in [1.165, 1.54) is 0 Å². The lowest BCUT2D eigenvalue weighted by Gasteiger charge is -2.32. The van der Waals surface area contributed by atoms with E-state index in [1.807, 2.05) is 31.2 Å². The Morgan fingerprint density at radius 2 is 1.96 bits per heavy atom. The summed E-state index contributed by atoms with van der Waals surface area (Å²) in [6, 6.07) is 7.54. The molecule has 1 N–H and O–H groups in total. The van der Waals surface area contributed by atoms with Gasteiger partial charge in [0.2, 0.25) is 5.91 Å². The van der Waals surface area contributed by atoms with Crippen LogP contribution in [0.15, 0.2) is 24.3 Å². The molecule has 1 aromatic carbocycles. The van der Waals surface area contributed by atoms with Crippen LogP contribution in [0.3, 0.4) is 0 Å². The van der Waals surface area contributed by atoms with Gasteiger partial charge in [-0.05, 0) is 44.7 Å². The zero-order chi connectivity index (χ0) is 17.6. The van der Waals surface area contributed by atoms with Crippen molar-refractivity contribution < 1.29 is 19.2 Å². The lowest BCUT2D eigenvalue weighted by Crippen LogP contribution is -2.46. The Bertz CT molecular complexity index is 596. The summed E-state index contributed by atoms with van der Waals surface area (Å²) in [6.45, 7) is 3.77. The number of nitrogens with one attached hydrogen (secondary N) is 1. The monoisotopic (exact) mass is 346 g/mol. The summed E-state index contributed by atoms with van der Waals surface area (Å²) < 4.78 is 5.44. The van der Waals surface area contributed by atoms with E-state index in [-0.39, 0.29) is 24.0 Å². The van der Waals surface area contributed by atoms with Crippen LogP contribution in [-0.4, -0.2) is 42.7 Å². The van der Waals surface area contributed by atoms with E-state index in [9.17, 15) is 9.59 Å². The third-order valence-corrected chi connectivity index (χ3v) is 4.81. The molecule has 0 aliphatic carbocycles. The van der Waals surface area contributed by atoms with Crippen LogP contribution in [0.4, 0.5) is 0 Å². The second-order valence-electron chi connectivity index (χ2n) is 6.84. The quantitative estimate of drug-likeness (QED) is 0.850. The molecule has 2 heterocycles. The maximum Gasteiger partial charge on any atom is 0.253 e. The first-order chi connectivity index (χ1) is 12.1. The standard InChI is InChI=1S/C19H26N2O4/c1-14-7-9-15(10-8-14)19(23)21-11-4-5-16(13-21)18(22)20-25-17-6-2-3-12-24-17/h7-10,16-17H,2-6,11-13H2,1H3,(H,20,22)/t16-,17+/m0/s1. The molecular formula is C19H26N2O4. The average Bonchev–Trinajstić information content (AvgIpc) is 2.67. The van der Waals surface area contributed by atoms with Gasteiger partial charge in [0.05, 0.1) is 5.92 Å². The van der Waals surface area contributed by atoms with Gasteiger partial charge in [-0.15, -0.1) is 0 Å². The molecule has 1 aromatic rings. The summed E-state index contributed by atoms with van der Waals surface area (Å²) in [4.78, 5) is 32.1. The Kier molecular flexibility index (Phi) is 6.04. The fourth-order valence-corrected chi connectivity index (χ4v) is 3.27. The zero-order valence-electron chi connectivity index (χ0n) is 14.7. The number of piperidine rings is 1.